The minimum absolute atomic E-state index is 0.0203. The van der Waals surface area contributed by atoms with Gasteiger partial charge in [-0.05, 0) is 0 Å². The average molecular weight is 145 g/mol. The molecule has 2 atom stereocenters. The number of rotatable bonds is 0. The van der Waals surface area contributed by atoms with Gasteiger partial charge < -0.3 is 15.0 Å². The summed E-state index contributed by atoms with van der Waals surface area (Å²) in [6, 6.07) is 0. The lowest BCUT2D eigenvalue weighted by Crippen LogP contribution is -3.10. The van der Waals surface area contributed by atoms with E-state index in [-0.39, 0.29) is 16.7 Å². The molecule has 0 aromatic heterocycles. The van der Waals surface area contributed by atoms with E-state index < -0.39 is 0 Å². The summed E-state index contributed by atoms with van der Waals surface area (Å²) in [7, 11) is 0. The Morgan fingerprint density at radius 3 is 2.30 bits per heavy atom. The first-order valence-electron chi connectivity index (χ1n) is 3.66. The third-order valence-corrected chi connectivity index (χ3v) is 1.71. The van der Waals surface area contributed by atoms with Gasteiger partial charge in [0.2, 0.25) is 0 Å². The number of quaternary nitrogens is 1. The lowest BCUT2D eigenvalue weighted by Gasteiger charge is -2.31. The van der Waals surface area contributed by atoms with Crippen molar-refractivity contribution >= 4 is 0 Å². The van der Waals surface area contributed by atoms with Crippen LogP contribution in [-0.2, 0) is 4.74 Å². The molecule has 1 aliphatic rings. The number of nitrogens with one attached hydrogen (secondary N) is 1. The SMILES string of the molecule is CC(C)(C)C1OCC[NH+]1[O-]. The number of ether oxygens (including phenoxy) is 1. The first-order valence-corrected chi connectivity index (χ1v) is 3.66. The fourth-order valence-corrected chi connectivity index (χ4v) is 1.23. The maximum atomic E-state index is 11.1. The Labute approximate surface area is 61.5 Å². The summed E-state index contributed by atoms with van der Waals surface area (Å²) in [4.78, 5) is 0. The molecular weight excluding hydrogens is 130 g/mol. The van der Waals surface area contributed by atoms with Crippen LogP contribution in [0.2, 0.25) is 0 Å². The highest BCUT2D eigenvalue weighted by Crippen LogP contribution is 2.19. The molecule has 3 nitrogen and oxygen atoms in total. The van der Waals surface area contributed by atoms with Gasteiger partial charge in [0.15, 0.2) is 6.23 Å². The van der Waals surface area contributed by atoms with E-state index in [0.29, 0.717) is 13.2 Å². The Morgan fingerprint density at radius 2 is 2.10 bits per heavy atom. The van der Waals surface area contributed by atoms with Gasteiger partial charge in [0.1, 0.15) is 13.2 Å². The summed E-state index contributed by atoms with van der Waals surface area (Å²) in [5.41, 5.74) is -0.0203. The molecular formula is C7H15NO2. The van der Waals surface area contributed by atoms with Crippen molar-refractivity contribution in [3.8, 4) is 0 Å². The van der Waals surface area contributed by atoms with Crippen molar-refractivity contribution < 1.29 is 9.80 Å². The van der Waals surface area contributed by atoms with Gasteiger partial charge in [-0.3, -0.25) is 0 Å². The van der Waals surface area contributed by atoms with Gasteiger partial charge in [-0.1, -0.05) is 20.8 Å². The van der Waals surface area contributed by atoms with Gasteiger partial charge in [-0.25, -0.2) is 0 Å². The minimum atomic E-state index is -0.160. The molecule has 1 N–H and O–H groups in total. The predicted octanol–water partition coefficient (Wildman–Crippen LogP) is -0.228. The van der Waals surface area contributed by atoms with Crippen LogP contribution in [0.4, 0.5) is 0 Å². The number of hydrogen-bond donors (Lipinski definition) is 1. The zero-order valence-corrected chi connectivity index (χ0v) is 6.81. The molecule has 0 radical (unpaired) electrons. The van der Waals surface area contributed by atoms with Gasteiger partial charge in [0, 0.05) is 5.41 Å². The van der Waals surface area contributed by atoms with Crippen LogP contribution in [0, 0.1) is 10.6 Å². The monoisotopic (exact) mass is 145 g/mol. The second kappa shape index (κ2) is 2.49. The molecule has 1 rings (SSSR count). The quantitative estimate of drug-likeness (QED) is 0.478. The van der Waals surface area contributed by atoms with E-state index in [1.807, 2.05) is 20.8 Å². The summed E-state index contributed by atoms with van der Waals surface area (Å²) in [6.45, 7) is 7.30. The van der Waals surface area contributed by atoms with Crippen molar-refractivity contribution in [1.29, 1.82) is 0 Å². The Morgan fingerprint density at radius 1 is 1.50 bits per heavy atom. The predicted molar refractivity (Wildman–Crippen MR) is 38.4 cm³/mol. The van der Waals surface area contributed by atoms with Crippen molar-refractivity contribution in [2.45, 2.75) is 27.0 Å². The fraction of sp³-hybridized carbons (Fsp3) is 1.00. The zero-order chi connectivity index (χ0) is 7.78. The van der Waals surface area contributed by atoms with Gasteiger partial charge in [-0.15, -0.1) is 0 Å². The van der Waals surface area contributed by atoms with Crippen LogP contribution in [0.1, 0.15) is 20.8 Å². The van der Waals surface area contributed by atoms with Gasteiger partial charge in [0.05, 0.1) is 0 Å². The van der Waals surface area contributed by atoms with Crippen LogP contribution in [0.5, 0.6) is 0 Å². The van der Waals surface area contributed by atoms with Crippen molar-refractivity contribution in [3.05, 3.63) is 5.21 Å². The smallest absolute Gasteiger partial charge is 0.196 e. The van der Waals surface area contributed by atoms with Crippen LogP contribution in [-0.4, -0.2) is 19.4 Å². The molecule has 60 valence electrons. The van der Waals surface area contributed by atoms with E-state index in [1.165, 1.54) is 0 Å². The van der Waals surface area contributed by atoms with Crippen molar-refractivity contribution in [1.82, 2.24) is 0 Å². The molecule has 1 saturated heterocycles. The zero-order valence-electron chi connectivity index (χ0n) is 6.81. The van der Waals surface area contributed by atoms with E-state index >= 15 is 0 Å². The van der Waals surface area contributed by atoms with Crippen LogP contribution in [0.3, 0.4) is 0 Å². The summed E-state index contributed by atoms with van der Waals surface area (Å²) in [6.07, 6.45) is -0.160. The third kappa shape index (κ3) is 1.48. The van der Waals surface area contributed by atoms with Crippen molar-refractivity contribution in [2.24, 2.45) is 5.41 Å². The first kappa shape index (κ1) is 7.98. The number of hydroxylamine groups is 2. The molecule has 0 spiro atoms. The largest absolute Gasteiger partial charge is 0.632 e. The third-order valence-electron chi connectivity index (χ3n) is 1.71. The highest BCUT2D eigenvalue weighted by Gasteiger charge is 2.34. The first-order chi connectivity index (χ1) is 4.52. The molecule has 0 saturated carbocycles. The lowest BCUT2D eigenvalue weighted by atomic mass is 9.94. The highest BCUT2D eigenvalue weighted by atomic mass is 16.6. The average Bonchev–Trinajstić information content (AvgIpc) is 2.11. The van der Waals surface area contributed by atoms with Crippen LogP contribution < -0.4 is 5.06 Å². The molecule has 0 amide bonds. The molecule has 1 heterocycles. The number of hydrogen-bond acceptors (Lipinski definition) is 2. The molecule has 0 aromatic rings. The van der Waals surface area contributed by atoms with E-state index in [4.69, 9.17) is 4.74 Å². The van der Waals surface area contributed by atoms with Crippen molar-refractivity contribution in [3.63, 3.8) is 0 Å². The second-order valence-corrected chi connectivity index (χ2v) is 3.83. The van der Waals surface area contributed by atoms with E-state index in [0.717, 1.165) is 0 Å². The minimum Gasteiger partial charge on any atom is -0.632 e. The standard InChI is InChI=1S/C7H15NO2/c1-7(2,3)6-8(9)4-5-10-6/h6,8H,4-5H2,1-3H3. The van der Waals surface area contributed by atoms with Crippen LogP contribution in [0.25, 0.3) is 0 Å². The molecule has 0 aliphatic carbocycles. The Bertz CT molecular complexity index is 119. The van der Waals surface area contributed by atoms with Gasteiger partial charge in [0.25, 0.3) is 0 Å². The van der Waals surface area contributed by atoms with E-state index in [2.05, 4.69) is 0 Å². The van der Waals surface area contributed by atoms with Crippen molar-refractivity contribution in [2.75, 3.05) is 13.2 Å². The summed E-state index contributed by atoms with van der Waals surface area (Å²) >= 11 is 0. The topological polar surface area (TPSA) is 36.7 Å². The molecule has 10 heavy (non-hydrogen) atoms. The van der Waals surface area contributed by atoms with E-state index in [1.54, 1.807) is 0 Å². The lowest BCUT2D eigenvalue weighted by molar-refractivity contribution is -0.883. The maximum Gasteiger partial charge on any atom is 0.196 e. The summed E-state index contributed by atoms with van der Waals surface area (Å²) < 4.78 is 5.28. The normalized spacial score (nSPS) is 34.8. The maximum absolute atomic E-state index is 11.1. The van der Waals surface area contributed by atoms with Gasteiger partial charge in [-0.2, -0.15) is 0 Å². The van der Waals surface area contributed by atoms with Crippen LogP contribution >= 0.6 is 0 Å². The molecule has 2 unspecified atom stereocenters. The van der Waals surface area contributed by atoms with E-state index in [9.17, 15) is 5.21 Å². The molecule has 3 heteroatoms. The van der Waals surface area contributed by atoms with Crippen LogP contribution in [0.15, 0.2) is 0 Å². The second-order valence-electron chi connectivity index (χ2n) is 3.83. The molecule has 0 bridgehead atoms. The molecule has 0 aromatic carbocycles. The highest BCUT2D eigenvalue weighted by molar-refractivity contribution is 4.67. The Hall–Kier alpha value is -0.120. The fourth-order valence-electron chi connectivity index (χ4n) is 1.23. The summed E-state index contributed by atoms with van der Waals surface area (Å²) in [5, 5.41) is 11.4. The molecule has 1 fully saturated rings. The van der Waals surface area contributed by atoms with Gasteiger partial charge >= 0.3 is 0 Å². The Balaban J connectivity index is 2.55. The molecule has 1 aliphatic heterocycles. The Kier molecular flexibility index (Phi) is 1.99. The summed E-state index contributed by atoms with van der Waals surface area (Å²) in [5.74, 6) is 0.